The number of benzene rings is 2. The molecule has 5 aliphatic rings. The third-order valence-electron chi connectivity index (χ3n) is 9.78. The van der Waals surface area contributed by atoms with Crippen molar-refractivity contribution in [3.8, 4) is 11.3 Å². The van der Waals surface area contributed by atoms with Gasteiger partial charge in [-0.2, -0.15) is 4.98 Å². The van der Waals surface area contributed by atoms with Crippen LogP contribution in [0.2, 0.25) is 0 Å². The number of oxazole rings is 1. The van der Waals surface area contributed by atoms with Gasteiger partial charge in [-0.3, -0.25) is 0 Å². The summed E-state index contributed by atoms with van der Waals surface area (Å²) >= 11 is 0. The maximum absolute atomic E-state index is 15.0. The summed E-state index contributed by atoms with van der Waals surface area (Å²) in [6.45, 7) is 0. The highest BCUT2D eigenvalue weighted by molar-refractivity contribution is 5.74. The third kappa shape index (κ3) is 3.17. The van der Waals surface area contributed by atoms with Crippen molar-refractivity contribution in [2.75, 3.05) is 5.32 Å². The zero-order valence-corrected chi connectivity index (χ0v) is 20.3. The Hall–Kier alpha value is -3.26. The van der Waals surface area contributed by atoms with Crippen LogP contribution in [-0.2, 0) is 0 Å². The van der Waals surface area contributed by atoms with Crippen LogP contribution in [-0.4, -0.2) is 31.8 Å². The molecule has 2 aromatic carbocycles. The Balaban J connectivity index is 1.05. The molecule has 190 valence electrons. The van der Waals surface area contributed by atoms with Crippen molar-refractivity contribution in [2.24, 2.45) is 23.2 Å². The maximum atomic E-state index is 15.0. The Morgan fingerprint density at radius 3 is 2.81 bits per heavy atom. The fourth-order valence-electron chi connectivity index (χ4n) is 8.53. The number of anilines is 1. The van der Waals surface area contributed by atoms with E-state index in [4.69, 9.17) is 4.42 Å². The molecule has 2 N–H and O–H groups in total. The van der Waals surface area contributed by atoms with Crippen LogP contribution in [0.15, 0.2) is 53.3 Å². The predicted octanol–water partition coefficient (Wildman–Crippen LogP) is 5.93. The Labute approximate surface area is 212 Å². The molecule has 6 unspecified atom stereocenters. The molecular weight excluding hydrogens is 474 g/mol. The summed E-state index contributed by atoms with van der Waals surface area (Å²) in [6.07, 6.45) is 8.66. The number of halogens is 2. The van der Waals surface area contributed by atoms with Crippen LogP contribution in [0.3, 0.4) is 0 Å². The first kappa shape index (κ1) is 21.8. The van der Waals surface area contributed by atoms with Gasteiger partial charge in [0.1, 0.15) is 17.2 Å². The number of nitrogens with zero attached hydrogens (tertiary/aromatic N) is 3. The average Bonchev–Trinajstić information content (AvgIpc) is 3.57. The molecule has 0 spiro atoms. The van der Waals surface area contributed by atoms with Crippen molar-refractivity contribution >= 4 is 17.1 Å². The topological polar surface area (TPSA) is 76.1 Å². The van der Waals surface area contributed by atoms with E-state index in [-0.39, 0.29) is 29.1 Å². The molecule has 8 heteroatoms. The molecule has 37 heavy (non-hydrogen) atoms. The molecular formula is C29H28F2N4O2. The molecule has 9 rings (SSSR count). The lowest BCUT2D eigenvalue weighted by Gasteiger charge is -2.61. The molecule has 4 aromatic rings. The lowest BCUT2D eigenvalue weighted by molar-refractivity contribution is -0.129. The Bertz CT molecular complexity index is 1510. The largest absolute Gasteiger partial charge is 0.424 e. The number of rotatable bonds is 5. The highest BCUT2D eigenvalue weighted by atomic mass is 19.1. The molecule has 0 radical (unpaired) electrons. The van der Waals surface area contributed by atoms with Crippen molar-refractivity contribution in [3.63, 3.8) is 0 Å². The first-order valence-electron chi connectivity index (χ1n) is 13.3. The van der Waals surface area contributed by atoms with E-state index in [0.29, 0.717) is 46.9 Å². The predicted molar refractivity (Wildman–Crippen MR) is 134 cm³/mol. The summed E-state index contributed by atoms with van der Waals surface area (Å²) in [7, 11) is 0. The van der Waals surface area contributed by atoms with Gasteiger partial charge in [0.15, 0.2) is 5.58 Å². The number of aromatic nitrogens is 3. The number of nitrogens with one attached hydrogen (secondary N) is 1. The van der Waals surface area contributed by atoms with E-state index in [9.17, 15) is 13.9 Å². The fourth-order valence-corrected chi connectivity index (χ4v) is 8.53. The molecule has 3 heterocycles. The number of hydrogen-bond donors (Lipinski definition) is 2. The summed E-state index contributed by atoms with van der Waals surface area (Å²) in [5, 5.41) is 15.4. The molecule has 1 aliphatic heterocycles. The van der Waals surface area contributed by atoms with E-state index in [0.717, 1.165) is 43.4 Å². The van der Waals surface area contributed by atoms with Crippen molar-refractivity contribution in [2.45, 2.75) is 56.7 Å². The van der Waals surface area contributed by atoms with Gasteiger partial charge in [0.25, 0.3) is 6.01 Å². The van der Waals surface area contributed by atoms with E-state index < -0.39 is 6.10 Å². The second kappa shape index (κ2) is 7.63. The van der Waals surface area contributed by atoms with E-state index >= 15 is 0 Å². The minimum atomic E-state index is -0.528. The Morgan fingerprint density at radius 1 is 1.14 bits per heavy atom. The second-order valence-corrected chi connectivity index (χ2v) is 11.8. The summed E-state index contributed by atoms with van der Waals surface area (Å²) in [5.41, 5.74) is 3.40. The van der Waals surface area contributed by atoms with Crippen LogP contribution in [0.1, 0.15) is 50.1 Å². The van der Waals surface area contributed by atoms with Gasteiger partial charge in [-0.15, -0.1) is 0 Å². The molecule has 7 atom stereocenters. The third-order valence-corrected chi connectivity index (χ3v) is 9.78. The molecule has 0 amide bonds. The summed E-state index contributed by atoms with van der Waals surface area (Å²) in [6, 6.07) is 10.0. The number of hydrogen-bond acceptors (Lipinski definition) is 5. The molecule has 4 saturated carbocycles. The lowest BCUT2D eigenvalue weighted by Crippen LogP contribution is -2.59. The summed E-state index contributed by atoms with van der Waals surface area (Å²) < 4.78 is 36.5. The molecule has 4 aliphatic carbocycles. The normalized spacial score (nSPS) is 32.0. The van der Waals surface area contributed by atoms with Gasteiger partial charge in [-0.25, -0.2) is 13.8 Å². The van der Waals surface area contributed by atoms with Crippen LogP contribution < -0.4 is 5.32 Å². The fraction of sp³-hybridized carbons (Fsp3) is 0.448. The Kier molecular flexibility index (Phi) is 4.49. The summed E-state index contributed by atoms with van der Waals surface area (Å²) in [4.78, 5) is 8.79. The SMILES string of the molecule is OC(CC1c2c(F)cccc2-c2cncn21)C12CC3CC(C1)C(Nc1nc4cc(F)ccc4o1)[C@H](C3)C2. The van der Waals surface area contributed by atoms with E-state index in [2.05, 4.69) is 15.3 Å². The van der Waals surface area contributed by atoms with E-state index in [1.165, 1.54) is 18.2 Å². The zero-order chi connectivity index (χ0) is 24.9. The van der Waals surface area contributed by atoms with E-state index in [1.807, 2.05) is 10.6 Å². The molecule has 2 aromatic heterocycles. The highest BCUT2D eigenvalue weighted by Gasteiger charge is 2.58. The lowest BCUT2D eigenvalue weighted by atomic mass is 9.46. The van der Waals surface area contributed by atoms with Crippen molar-refractivity contribution in [1.29, 1.82) is 0 Å². The number of fused-ring (bicyclic) bond motifs is 4. The van der Waals surface area contributed by atoms with Crippen molar-refractivity contribution < 1.29 is 18.3 Å². The van der Waals surface area contributed by atoms with Crippen LogP contribution in [0.5, 0.6) is 0 Å². The van der Waals surface area contributed by atoms with Gasteiger partial charge in [0.2, 0.25) is 0 Å². The van der Waals surface area contributed by atoms with Gasteiger partial charge in [0.05, 0.1) is 30.4 Å². The first-order valence-corrected chi connectivity index (χ1v) is 13.3. The standard InChI is InChI=1S/C29H28F2N4O2/c30-18-4-5-24-21(8-18)33-28(37-24)34-27-16-6-15-7-17(27)12-29(10-15,11-16)25(36)9-22-26-19(2-1-3-20(26)31)23-13-32-14-35(22)23/h1-5,8,13-17,22,25,27,36H,6-7,9-12H2,(H,33,34)/t15?,16-,17?,22?,25?,27?,29?/m1/s1. The summed E-state index contributed by atoms with van der Waals surface area (Å²) in [5.74, 6) is 0.865. The van der Waals surface area contributed by atoms with E-state index in [1.54, 1.807) is 24.7 Å². The zero-order valence-electron chi connectivity index (χ0n) is 20.3. The van der Waals surface area contributed by atoms with Crippen molar-refractivity contribution in [3.05, 3.63) is 66.1 Å². The quantitative estimate of drug-likeness (QED) is 0.354. The second-order valence-electron chi connectivity index (χ2n) is 11.8. The van der Waals surface area contributed by atoms with Crippen LogP contribution in [0.4, 0.5) is 14.8 Å². The minimum Gasteiger partial charge on any atom is -0.424 e. The van der Waals surface area contributed by atoms with Gasteiger partial charge >= 0.3 is 0 Å². The molecule has 6 nitrogen and oxygen atoms in total. The first-order chi connectivity index (χ1) is 18.0. The molecule has 4 bridgehead atoms. The number of imidazole rings is 1. The van der Waals surface area contributed by atoms with Crippen LogP contribution in [0, 0.1) is 34.8 Å². The molecule has 4 fully saturated rings. The van der Waals surface area contributed by atoms with Gasteiger partial charge < -0.3 is 19.4 Å². The monoisotopic (exact) mass is 502 g/mol. The average molecular weight is 503 g/mol. The van der Waals surface area contributed by atoms with Gasteiger partial charge in [-0.05, 0) is 79.9 Å². The van der Waals surface area contributed by atoms with Gasteiger partial charge in [-0.1, -0.05) is 12.1 Å². The van der Waals surface area contributed by atoms with Crippen LogP contribution in [0.25, 0.3) is 22.4 Å². The number of aliphatic hydroxyl groups excluding tert-OH is 1. The minimum absolute atomic E-state index is 0.159. The smallest absolute Gasteiger partial charge is 0.295 e. The number of aliphatic hydroxyl groups is 1. The Morgan fingerprint density at radius 2 is 1.97 bits per heavy atom. The molecule has 0 saturated heterocycles. The van der Waals surface area contributed by atoms with Gasteiger partial charge in [0, 0.05) is 23.2 Å². The maximum Gasteiger partial charge on any atom is 0.295 e. The van der Waals surface area contributed by atoms with Crippen LogP contribution >= 0.6 is 0 Å². The van der Waals surface area contributed by atoms with Crippen molar-refractivity contribution in [1.82, 2.24) is 14.5 Å². The highest BCUT2D eigenvalue weighted by Crippen LogP contribution is 2.63.